The Morgan fingerprint density at radius 3 is 1.42 bits per heavy atom. The molecule has 0 aromatic heterocycles. The Morgan fingerprint density at radius 2 is 0.917 bits per heavy atom. The highest BCUT2D eigenvalue weighted by Crippen LogP contribution is 2.21. The van der Waals surface area contributed by atoms with Crippen LogP contribution in [-0.2, 0) is 14.3 Å². The van der Waals surface area contributed by atoms with Crippen molar-refractivity contribution in [3.05, 3.63) is 0 Å². The molecule has 0 aliphatic heterocycles. The minimum absolute atomic E-state index is 0.0551. The number of carbonyl (C=O) groups is 1. The van der Waals surface area contributed by atoms with Crippen LogP contribution >= 0.6 is 0 Å². The molecule has 0 aliphatic carbocycles. The Labute approximate surface area is 301 Å². The van der Waals surface area contributed by atoms with E-state index in [0.717, 1.165) is 103 Å². The first-order valence-corrected chi connectivity index (χ1v) is 21.7. The summed E-state index contributed by atoms with van der Waals surface area (Å²) in [4.78, 5) is 15.6. The molecule has 0 amide bonds. The molecule has 0 bridgehead atoms. The monoisotopic (exact) mass is 682 g/mol. The predicted molar refractivity (Wildman–Crippen MR) is 209 cm³/mol. The van der Waals surface area contributed by atoms with Gasteiger partial charge in [0, 0.05) is 19.8 Å². The van der Waals surface area contributed by atoms with Crippen molar-refractivity contribution in [1.29, 1.82) is 0 Å². The number of esters is 1. The first-order chi connectivity index (χ1) is 23.6. The lowest BCUT2D eigenvalue weighted by Gasteiger charge is -2.22. The first-order valence-electron chi connectivity index (χ1n) is 21.7. The second-order valence-electron chi connectivity index (χ2n) is 14.9. The Hall–Kier alpha value is -0.650. The number of rotatable bonds is 40. The van der Waals surface area contributed by atoms with Gasteiger partial charge < -0.3 is 19.5 Å². The molecule has 1 N–H and O–H groups in total. The van der Waals surface area contributed by atoms with E-state index < -0.39 is 0 Å². The first kappa shape index (κ1) is 47.4. The van der Waals surface area contributed by atoms with Crippen molar-refractivity contribution in [2.75, 3.05) is 46.1 Å². The molecule has 0 radical (unpaired) electrons. The fourth-order valence-corrected chi connectivity index (χ4v) is 6.88. The Balaban J connectivity index is 4.44. The van der Waals surface area contributed by atoms with Crippen molar-refractivity contribution in [2.45, 2.75) is 214 Å². The fourth-order valence-electron chi connectivity index (χ4n) is 6.88. The molecule has 0 heterocycles. The normalized spacial score (nSPS) is 13.0. The van der Waals surface area contributed by atoms with Gasteiger partial charge in [0.15, 0.2) is 0 Å². The summed E-state index contributed by atoms with van der Waals surface area (Å²) in [5.74, 6) is 0.881. The lowest BCUT2D eigenvalue weighted by molar-refractivity contribution is -0.149. The summed E-state index contributed by atoms with van der Waals surface area (Å²) >= 11 is 0. The average molecular weight is 682 g/mol. The van der Waals surface area contributed by atoms with Crippen molar-refractivity contribution in [1.82, 2.24) is 4.90 Å². The van der Waals surface area contributed by atoms with Crippen molar-refractivity contribution in [2.24, 2.45) is 11.8 Å². The molecule has 0 saturated carbocycles. The standard InChI is InChI=1S/C43H87NO4/c1-5-9-13-17-19-23-33-42(32-22-16-12-8-4)43(46)48-39-29-26-36-44(34-24-27-37-45)35-25-28-38-47-40-41(30-20-15-11-7-3)31-21-18-14-10-6-2/h41-42,45H,5-40H2,1-4H3. The second kappa shape index (κ2) is 39.1. The molecule has 48 heavy (non-hydrogen) atoms. The largest absolute Gasteiger partial charge is 0.465 e. The SMILES string of the molecule is CCCCCCCCC(CCCCCC)C(=O)OCCCCN(CCCCO)CCCCOCC(CCCCCC)CCCCCCC. The van der Waals surface area contributed by atoms with E-state index in [4.69, 9.17) is 9.47 Å². The van der Waals surface area contributed by atoms with Crippen LogP contribution < -0.4 is 0 Å². The molecule has 0 aliphatic rings. The molecule has 0 saturated heterocycles. The van der Waals surface area contributed by atoms with Crippen LogP contribution in [-0.4, -0.2) is 62.0 Å². The summed E-state index contributed by atoms with van der Waals surface area (Å²) in [6, 6.07) is 0. The Kier molecular flexibility index (Phi) is 38.6. The number of ether oxygens (including phenoxy) is 2. The lowest BCUT2D eigenvalue weighted by Crippen LogP contribution is -2.28. The highest BCUT2D eigenvalue weighted by molar-refractivity contribution is 5.72. The Morgan fingerprint density at radius 1 is 0.500 bits per heavy atom. The van der Waals surface area contributed by atoms with Crippen molar-refractivity contribution >= 4 is 5.97 Å². The van der Waals surface area contributed by atoms with Crippen LogP contribution in [0.4, 0.5) is 0 Å². The molecule has 0 aromatic rings. The van der Waals surface area contributed by atoms with Gasteiger partial charge in [0.05, 0.1) is 12.5 Å². The maximum absolute atomic E-state index is 13.0. The molecule has 5 heteroatoms. The molecule has 5 nitrogen and oxygen atoms in total. The summed E-state index contributed by atoms with van der Waals surface area (Å²) in [6.45, 7) is 14.9. The fraction of sp³-hybridized carbons (Fsp3) is 0.977. The molecule has 2 atom stereocenters. The maximum atomic E-state index is 13.0. The Bertz CT molecular complexity index is 630. The zero-order valence-electron chi connectivity index (χ0n) is 33.2. The van der Waals surface area contributed by atoms with Gasteiger partial charge in [-0.05, 0) is 89.8 Å². The van der Waals surface area contributed by atoms with Crippen LogP contribution in [0.15, 0.2) is 0 Å². The molecule has 0 aromatic carbocycles. The number of hydrogen-bond donors (Lipinski definition) is 1. The van der Waals surface area contributed by atoms with Crippen LogP contribution in [0, 0.1) is 11.8 Å². The van der Waals surface area contributed by atoms with Gasteiger partial charge in [-0.3, -0.25) is 4.79 Å². The zero-order chi connectivity index (χ0) is 35.2. The number of aliphatic hydroxyl groups excluding tert-OH is 1. The summed E-state index contributed by atoms with van der Waals surface area (Å²) < 4.78 is 12.1. The summed E-state index contributed by atoms with van der Waals surface area (Å²) in [7, 11) is 0. The smallest absolute Gasteiger partial charge is 0.308 e. The van der Waals surface area contributed by atoms with E-state index >= 15 is 0 Å². The third-order valence-electron chi connectivity index (χ3n) is 10.2. The molecule has 0 spiro atoms. The van der Waals surface area contributed by atoms with E-state index in [9.17, 15) is 9.90 Å². The molecule has 0 rings (SSSR count). The summed E-state index contributed by atoms with van der Waals surface area (Å²) in [5.41, 5.74) is 0. The quantitative estimate of drug-likeness (QED) is 0.0515. The van der Waals surface area contributed by atoms with Gasteiger partial charge in [0.1, 0.15) is 0 Å². The van der Waals surface area contributed by atoms with E-state index in [0.29, 0.717) is 6.61 Å². The molecule has 0 fully saturated rings. The van der Waals surface area contributed by atoms with Crippen molar-refractivity contribution in [3.63, 3.8) is 0 Å². The molecular formula is C43H87NO4. The summed E-state index contributed by atoms with van der Waals surface area (Å²) in [5, 5.41) is 9.31. The lowest BCUT2D eigenvalue weighted by atomic mass is 9.94. The van der Waals surface area contributed by atoms with Gasteiger partial charge in [-0.15, -0.1) is 0 Å². The van der Waals surface area contributed by atoms with E-state index in [2.05, 4.69) is 32.6 Å². The van der Waals surface area contributed by atoms with Gasteiger partial charge in [-0.2, -0.15) is 0 Å². The van der Waals surface area contributed by atoms with Crippen molar-refractivity contribution in [3.8, 4) is 0 Å². The van der Waals surface area contributed by atoms with E-state index in [1.54, 1.807) is 0 Å². The number of unbranched alkanes of at least 4 members (excludes halogenated alkanes) is 18. The van der Waals surface area contributed by atoms with Crippen LogP contribution in [0.3, 0.4) is 0 Å². The van der Waals surface area contributed by atoms with Gasteiger partial charge >= 0.3 is 5.97 Å². The van der Waals surface area contributed by atoms with Crippen LogP contribution in [0.1, 0.15) is 214 Å². The summed E-state index contributed by atoms with van der Waals surface area (Å²) in [6.07, 6.45) is 35.6. The number of nitrogens with zero attached hydrogens (tertiary/aromatic N) is 1. The van der Waals surface area contributed by atoms with Crippen molar-refractivity contribution < 1.29 is 19.4 Å². The number of hydrogen-bond acceptors (Lipinski definition) is 5. The third-order valence-corrected chi connectivity index (χ3v) is 10.2. The zero-order valence-corrected chi connectivity index (χ0v) is 33.2. The van der Waals surface area contributed by atoms with Crippen LogP contribution in [0.5, 0.6) is 0 Å². The van der Waals surface area contributed by atoms with E-state index in [-0.39, 0.29) is 18.5 Å². The van der Waals surface area contributed by atoms with Gasteiger partial charge in [0.2, 0.25) is 0 Å². The molecule has 288 valence electrons. The third kappa shape index (κ3) is 32.5. The topological polar surface area (TPSA) is 59.0 Å². The van der Waals surface area contributed by atoms with E-state index in [1.165, 1.54) is 122 Å². The highest BCUT2D eigenvalue weighted by Gasteiger charge is 2.19. The van der Waals surface area contributed by atoms with Gasteiger partial charge in [0.25, 0.3) is 0 Å². The number of carbonyl (C=O) groups excluding carboxylic acids is 1. The molecule has 2 unspecified atom stereocenters. The maximum Gasteiger partial charge on any atom is 0.308 e. The number of aliphatic hydroxyl groups is 1. The van der Waals surface area contributed by atoms with Crippen LogP contribution in [0.25, 0.3) is 0 Å². The predicted octanol–water partition coefficient (Wildman–Crippen LogP) is 12.5. The second-order valence-corrected chi connectivity index (χ2v) is 14.9. The van der Waals surface area contributed by atoms with Gasteiger partial charge in [-0.25, -0.2) is 0 Å². The van der Waals surface area contributed by atoms with Gasteiger partial charge in [-0.1, -0.05) is 150 Å². The minimum Gasteiger partial charge on any atom is -0.465 e. The van der Waals surface area contributed by atoms with Crippen LogP contribution in [0.2, 0.25) is 0 Å². The molecular weight excluding hydrogens is 594 g/mol. The minimum atomic E-state index is 0.0551. The highest BCUT2D eigenvalue weighted by atomic mass is 16.5. The van der Waals surface area contributed by atoms with E-state index in [1.807, 2.05) is 0 Å². The average Bonchev–Trinajstić information content (AvgIpc) is 3.09.